The number of amides is 1. The zero-order valence-corrected chi connectivity index (χ0v) is 18.7. The molecule has 0 atom stereocenters. The number of ether oxygens (including phenoxy) is 2. The van der Waals surface area contributed by atoms with E-state index in [-0.39, 0.29) is 34.3 Å². The van der Waals surface area contributed by atoms with Gasteiger partial charge in [-0.2, -0.15) is 0 Å². The van der Waals surface area contributed by atoms with E-state index >= 15 is 0 Å². The molecular weight excluding hydrogens is 388 g/mol. The first-order valence-corrected chi connectivity index (χ1v) is 10.2. The first kappa shape index (κ1) is 23.8. The van der Waals surface area contributed by atoms with Crippen LogP contribution in [0.15, 0.2) is 15.7 Å². The fourth-order valence-electron chi connectivity index (χ4n) is 3.18. The molecule has 30 heavy (non-hydrogen) atoms. The Labute approximate surface area is 176 Å². The van der Waals surface area contributed by atoms with Gasteiger partial charge in [0.05, 0.1) is 24.2 Å². The number of methoxy groups -OCH3 is 2. The zero-order chi connectivity index (χ0) is 22.4. The molecule has 0 unspecified atom stereocenters. The lowest BCUT2D eigenvalue weighted by atomic mass is 10.0. The molecule has 0 bridgehead atoms. The topological polar surface area (TPSA) is 107 Å². The smallest absolute Gasteiger partial charge is 0.330 e. The normalized spacial score (nSPS) is 11.6. The third-order valence-corrected chi connectivity index (χ3v) is 4.76. The van der Waals surface area contributed by atoms with Gasteiger partial charge in [0, 0.05) is 39.5 Å². The molecular formula is C21H32N4O5. The molecule has 9 heteroatoms. The minimum atomic E-state index is -0.611. The first-order chi connectivity index (χ1) is 14.2. The molecule has 0 saturated heterocycles. The average Bonchev–Trinajstić information content (AvgIpc) is 2.69. The molecule has 9 nitrogen and oxygen atoms in total. The van der Waals surface area contributed by atoms with Crippen LogP contribution in [-0.4, -0.2) is 65.9 Å². The minimum Gasteiger partial charge on any atom is -0.383 e. The number of hydrogen-bond acceptors (Lipinski definition) is 6. The molecule has 0 saturated carbocycles. The van der Waals surface area contributed by atoms with E-state index in [1.54, 1.807) is 25.2 Å². The summed E-state index contributed by atoms with van der Waals surface area (Å²) in [6.45, 7) is 9.63. The second kappa shape index (κ2) is 10.5. The Morgan fingerprint density at radius 2 is 1.73 bits per heavy atom. The number of nitrogens with one attached hydrogen (secondary N) is 1. The van der Waals surface area contributed by atoms with Crippen molar-refractivity contribution in [2.45, 2.75) is 40.2 Å². The number of rotatable bonds is 10. The fraction of sp³-hybridized carbons (Fsp3) is 0.619. The Kier molecular flexibility index (Phi) is 8.31. The van der Waals surface area contributed by atoms with Crippen LogP contribution in [0.2, 0.25) is 0 Å². The van der Waals surface area contributed by atoms with E-state index in [0.717, 1.165) is 0 Å². The molecule has 0 fully saturated rings. The monoisotopic (exact) mass is 420 g/mol. The number of carbonyl (C=O) groups excluding carboxylic acids is 1. The molecule has 1 N–H and O–H groups in total. The van der Waals surface area contributed by atoms with Gasteiger partial charge < -0.3 is 14.4 Å². The van der Waals surface area contributed by atoms with Gasteiger partial charge in [0.25, 0.3) is 11.5 Å². The maximum atomic E-state index is 13.5. The van der Waals surface area contributed by atoms with E-state index in [9.17, 15) is 14.4 Å². The molecule has 0 aliphatic carbocycles. The van der Waals surface area contributed by atoms with E-state index < -0.39 is 11.2 Å². The molecule has 0 radical (unpaired) electrons. The SMILES string of the molecule is COCCN(CCOC)C(=O)c1cc(C(C)C)nc2c1c(=O)[nH]c(=O)n2CC(C)C. The minimum absolute atomic E-state index is 0.00856. The van der Waals surface area contributed by atoms with Crippen molar-refractivity contribution < 1.29 is 14.3 Å². The van der Waals surface area contributed by atoms with Crippen LogP contribution in [0.4, 0.5) is 0 Å². The van der Waals surface area contributed by atoms with Gasteiger partial charge >= 0.3 is 5.69 Å². The lowest BCUT2D eigenvalue weighted by molar-refractivity contribution is 0.0629. The summed E-state index contributed by atoms with van der Waals surface area (Å²) in [5, 5.41) is 0.129. The van der Waals surface area contributed by atoms with Gasteiger partial charge in [-0.05, 0) is 17.9 Å². The number of nitrogens with zero attached hydrogens (tertiary/aromatic N) is 3. The van der Waals surface area contributed by atoms with Crippen molar-refractivity contribution in [3.05, 3.63) is 38.2 Å². The molecule has 0 spiro atoms. The van der Waals surface area contributed by atoms with Crippen LogP contribution < -0.4 is 11.2 Å². The zero-order valence-electron chi connectivity index (χ0n) is 18.7. The highest BCUT2D eigenvalue weighted by atomic mass is 16.5. The largest absolute Gasteiger partial charge is 0.383 e. The van der Waals surface area contributed by atoms with Crippen LogP contribution in [0.25, 0.3) is 11.0 Å². The lowest BCUT2D eigenvalue weighted by Crippen LogP contribution is -2.38. The number of aromatic nitrogens is 3. The second-order valence-corrected chi connectivity index (χ2v) is 7.99. The summed E-state index contributed by atoms with van der Waals surface area (Å²) in [6.07, 6.45) is 0. The van der Waals surface area contributed by atoms with Crippen molar-refractivity contribution in [2.24, 2.45) is 5.92 Å². The predicted octanol–water partition coefficient (Wildman–Crippen LogP) is 1.60. The maximum absolute atomic E-state index is 13.5. The van der Waals surface area contributed by atoms with Crippen LogP contribution in [0.1, 0.15) is 49.7 Å². The molecule has 1 amide bonds. The summed E-state index contributed by atoms with van der Waals surface area (Å²) in [4.78, 5) is 47.3. The highest BCUT2D eigenvalue weighted by molar-refractivity contribution is 6.05. The summed E-state index contributed by atoms with van der Waals surface area (Å²) in [6, 6.07) is 1.65. The number of pyridine rings is 1. The van der Waals surface area contributed by atoms with Gasteiger partial charge in [-0.3, -0.25) is 19.1 Å². The van der Waals surface area contributed by atoms with Gasteiger partial charge in [0.1, 0.15) is 0 Å². The number of fused-ring (bicyclic) bond motifs is 1. The van der Waals surface area contributed by atoms with Crippen molar-refractivity contribution in [3.8, 4) is 0 Å². The van der Waals surface area contributed by atoms with Crippen molar-refractivity contribution >= 4 is 16.9 Å². The molecule has 2 aromatic rings. The van der Waals surface area contributed by atoms with Gasteiger partial charge in [-0.25, -0.2) is 9.78 Å². The molecule has 2 aromatic heterocycles. The van der Waals surface area contributed by atoms with Crippen molar-refractivity contribution in [2.75, 3.05) is 40.5 Å². The average molecular weight is 421 g/mol. The highest BCUT2D eigenvalue weighted by Gasteiger charge is 2.24. The molecule has 0 aromatic carbocycles. The summed E-state index contributed by atoms with van der Waals surface area (Å²) in [5.41, 5.74) is -0.0184. The van der Waals surface area contributed by atoms with E-state index in [2.05, 4.69) is 9.97 Å². The molecule has 0 aliphatic rings. The summed E-state index contributed by atoms with van der Waals surface area (Å²) >= 11 is 0. The third-order valence-electron chi connectivity index (χ3n) is 4.76. The molecule has 2 rings (SSSR count). The Balaban J connectivity index is 2.77. The van der Waals surface area contributed by atoms with Gasteiger partial charge in [-0.1, -0.05) is 27.7 Å². The summed E-state index contributed by atoms with van der Waals surface area (Å²) in [5.74, 6) is -0.159. The third kappa shape index (κ3) is 5.34. The van der Waals surface area contributed by atoms with Crippen molar-refractivity contribution in [3.63, 3.8) is 0 Å². The highest BCUT2D eigenvalue weighted by Crippen LogP contribution is 2.21. The van der Waals surface area contributed by atoms with Gasteiger partial charge in [0.15, 0.2) is 5.65 Å². The Morgan fingerprint density at radius 1 is 1.13 bits per heavy atom. The van der Waals surface area contributed by atoms with Crippen LogP contribution in [0, 0.1) is 5.92 Å². The number of hydrogen-bond donors (Lipinski definition) is 1. The number of H-pyrrole nitrogens is 1. The Bertz CT molecular complexity index is 985. The molecule has 166 valence electrons. The van der Waals surface area contributed by atoms with Gasteiger partial charge in [0.2, 0.25) is 0 Å². The Hall–Kier alpha value is -2.52. The van der Waals surface area contributed by atoms with E-state index in [1.165, 1.54) is 4.57 Å². The van der Waals surface area contributed by atoms with E-state index in [1.807, 2.05) is 27.7 Å². The summed E-state index contributed by atoms with van der Waals surface area (Å²) < 4.78 is 11.7. The van der Waals surface area contributed by atoms with Gasteiger partial charge in [-0.15, -0.1) is 0 Å². The predicted molar refractivity (Wildman–Crippen MR) is 115 cm³/mol. The molecule has 0 aliphatic heterocycles. The van der Waals surface area contributed by atoms with Crippen LogP contribution in [-0.2, 0) is 16.0 Å². The number of aromatic amines is 1. The quantitative estimate of drug-likeness (QED) is 0.626. The standard InChI is InChI=1S/C21H32N4O5/c1-13(2)12-25-18-17(19(26)23-21(25)28)15(11-16(22-18)14(3)4)20(27)24(7-9-29-5)8-10-30-6/h11,13-14H,7-10,12H2,1-6H3,(H,23,26,28). The Morgan fingerprint density at radius 3 is 2.23 bits per heavy atom. The maximum Gasteiger partial charge on any atom is 0.330 e. The second-order valence-electron chi connectivity index (χ2n) is 7.99. The van der Waals surface area contributed by atoms with Crippen molar-refractivity contribution in [1.82, 2.24) is 19.4 Å². The van der Waals surface area contributed by atoms with Crippen molar-refractivity contribution in [1.29, 1.82) is 0 Å². The van der Waals surface area contributed by atoms with E-state index in [4.69, 9.17) is 9.47 Å². The first-order valence-electron chi connectivity index (χ1n) is 10.2. The fourth-order valence-corrected chi connectivity index (χ4v) is 3.18. The van der Waals surface area contributed by atoms with Crippen LogP contribution >= 0.6 is 0 Å². The van der Waals surface area contributed by atoms with E-state index in [0.29, 0.717) is 38.5 Å². The number of carbonyl (C=O) groups is 1. The molecule has 2 heterocycles. The summed E-state index contributed by atoms with van der Waals surface area (Å²) in [7, 11) is 3.12. The van der Waals surface area contributed by atoms with Crippen LogP contribution in [0.5, 0.6) is 0 Å². The lowest BCUT2D eigenvalue weighted by Gasteiger charge is -2.23. The van der Waals surface area contributed by atoms with Crippen LogP contribution in [0.3, 0.4) is 0 Å².